The van der Waals surface area contributed by atoms with Crippen LogP contribution in [0, 0.1) is 5.82 Å². The summed E-state index contributed by atoms with van der Waals surface area (Å²) < 4.78 is 41.6. The number of nitrogens with two attached hydrogens (primary N) is 1. The number of aromatic amines is 1. The summed E-state index contributed by atoms with van der Waals surface area (Å²) in [5, 5.41) is 6.56. The number of benzene rings is 1. The van der Waals surface area contributed by atoms with E-state index in [1.165, 1.54) is 12.1 Å². The molecular weight excluding hydrogens is 345 g/mol. The fourth-order valence-electron chi connectivity index (χ4n) is 2.40. The molecule has 1 aromatic carbocycles. The SMILES string of the molecule is CC(C)(C)NS(=O)(=O)c1ccc(-c2ccc3[nH]nc(N)c3n2)c(F)c1. The van der Waals surface area contributed by atoms with E-state index in [0.717, 1.165) is 6.07 Å². The Bertz CT molecular complexity index is 1050. The minimum atomic E-state index is -3.82. The number of nitrogen functional groups attached to an aromatic ring is 1. The number of nitrogens with one attached hydrogen (secondary N) is 2. The van der Waals surface area contributed by atoms with Crippen LogP contribution >= 0.6 is 0 Å². The first-order valence-corrected chi connectivity index (χ1v) is 9.00. The Labute approximate surface area is 144 Å². The fourth-order valence-corrected chi connectivity index (χ4v) is 3.83. The molecule has 3 rings (SSSR count). The van der Waals surface area contributed by atoms with Gasteiger partial charge >= 0.3 is 0 Å². The van der Waals surface area contributed by atoms with Crippen molar-refractivity contribution in [1.82, 2.24) is 19.9 Å². The van der Waals surface area contributed by atoms with Gasteiger partial charge in [0.15, 0.2) is 5.82 Å². The summed E-state index contributed by atoms with van der Waals surface area (Å²) in [5.41, 5.74) is 6.63. The predicted octanol–water partition coefficient (Wildman–Crippen LogP) is 2.42. The van der Waals surface area contributed by atoms with Crippen molar-refractivity contribution in [3.8, 4) is 11.3 Å². The molecule has 25 heavy (non-hydrogen) atoms. The lowest BCUT2D eigenvalue weighted by Crippen LogP contribution is -2.40. The highest BCUT2D eigenvalue weighted by Crippen LogP contribution is 2.27. The van der Waals surface area contributed by atoms with Crippen LogP contribution < -0.4 is 10.5 Å². The Morgan fingerprint density at radius 3 is 2.56 bits per heavy atom. The van der Waals surface area contributed by atoms with Crippen LogP contribution in [0.25, 0.3) is 22.3 Å². The van der Waals surface area contributed by atoms with Gasteiger partial charge in [-0.2, -0.15) is 5.10 Å². The highest BCUT2D eigenvalue weighted by atomic mass is 32.2. The summed E-state index contributed by atoms with van der Waals surface area (Å²) in [6.45, 7) is 5.14. The molecule has 0 amide bonds. The number of pyridine rings is 1. The summed E-state index contributed by atoms with van der Waals surface area (Å²) in [6.07, 6.45) is 0. The molecule has 4 N–H and O–H groups in total. The molecule has 0 fully saturated rings. The normalized spacial score (nSPS) is 12.6. The first-order valence-electron chi connectivity index (χ1n) is 7.51. The molecule has 2 aromatic heterocycles. The zero-order valence-corrected chi connectivity index (χ0v) is 14.8. The monoisotopic (exact) mass is 363 g/mol. The standard InChI is InChI=1S/C16H18FN5O2S/c1-16(2,3)22-25(23,24)9-4-5-10(11(17)8-9)12-6-7-13-14(19-12)15(18)21-20-13/h4-8,22H,1-3H3,(H3,18,20,21). The second-order valence-corrected chi connectivity index (χ2v) is 8.38. The molecule has 0 aliphatic carbocycles. The van der Waals surface area contributed by atoms with Crippen molar-refractivity contribution in [3.63, 3.8) is 0 Å². The minimum absolute atomic E-state index is 0.146. The van der Waals surface area contributed by atoms with E-state index in [1.807, 2.05) is 0 Å². The second kappa shape index (κ2) is 5.78. The number of hydrogen-bond acceptors (Lipinski definition) is 5. The quantitative estimate of drug-likeness (QED) is 0.661. The van der Waals surface area contributed by atoms with E-state index < -0.39 is 21.4 Å². The highest BCUT2D eigenvalue weighted by molar-refractivity contribution is 7.89. The number of H-pyrrole nitrogens is 1. The van der Waals surface area contributed by atoms with Crippen molar-refractivity contribution in [1.29, 1.82) is 0 Å². The zero-order valence-electron chi connectivity index (χ0n) is 14.0. The number of sulfonamides is 1. The van der Waals surface area contributed by atoms with Crippen LogP contribution in [0.5, 0.6) is 0 Å². The first kappa shape index (κ1) is 17.3. The lowest BCUT2D eigenvalue weighted by Gasteiger charge is -2.20. The summed E-state index contributed by atoms with van der Waals surface area (Å²) in [4.78, 5) is 4.15. The number of fused-ring (bicyclic) bond motifs is 1. The minimum Gasteiger partial charge on any atom is -0.380 e. The largest absolute Gasteiger partial charge is 0.380 e. The number of anilines is 1. The average molecular weight is 363 g/mol. The van der Waals surface area contributed by atoms with Crippen LogP contribution in [0.4, 0.5) is 10.2 Å². The molecule has 0 saturated carbocycles. The third kappa shape index (κ3) is 3.47. The molecule has 0 aliphatic heterocycles. The Morgan fingerprint density at radius 2 is 1.92 bits per heavy atom. The zero-order chi connectivity index (χ0) is 18.4. The van der Waals surface area contributed by atoms with Gasteiger partial charge in [0.2, 0.25) is 10.0 Å². The summed E-state index contributed by atoms with van der Waals surface area (Å²) in [5.74, 6) is -0.475. The Kier molecular flexibility index (Phi) is 4.00. The van der Waals surface area contributed by atoms with E-state index in [4.69, 9.17) is 5.73 Å². The molecule has 0 saturated heterocycles. The van der Waals surface area contributed by atoms with Gasteiger partial charge in [0.1, 0.15) is 11.3 Å². The maximum Gasteiger partial charge on any atom is 0.241 e. The molecular formula is C16H18FN5O2S. The second-order valence-electron chi connectivity index (χ2n) is 6.70. The molecule has 0 bridgehead atoms. The van der Waals surface area contributed by atoms with E-state index in [2.05, 4.69) is 19.9 Å². The van der Waals surface area contributed by atoms with Crippen molar-refractivity contribution in [2.45, 2.75) is 31.2 Å². The molecule has 132 valence electrons. The summed E-state index contributed by atoms with van der Waals surface area (Å²) in [6, 6.07) is 7.01. The third-order valence-electron chi connectivity index (χ3n) is 3.40. The predicted molar refractivity (Wildman–Crippen MR) is 93.8 cm³/mol. The molecule has 7 nitrogen and oxygen atoms in total. The molecule has 0 aliphatic rings. The van der Waals surface area contributed by atoms with Gasteiger partial charge in [-0.05, 0) is 51.1 Å². The van der Waals surface area contributed by atoms with Crippen molar-refractivity contribution in [2.24, 2.45) is 0 Å². The number of aromatic nitrogens is 3. The van der Waals surface area contributed by atoms with Crippen molar-refractivity contribution >= 4 is 26.9 Å². The highest BCUT2D eigenvalue weighted by Gasteiger charge is 2.23. The number of rotatable bonds is 3. The van der Waals surface area contributed by atoms with Gasteiger partial charge in [0.25, 0.3) is 0 Å². The first-order chi connectivity index (χ1) is 11.6. The molecule has 9 heteroatoms. The van der Waals surface area contributed by atoms with E-state index in [1.54, 1.807) is 32.9 Å². The third-order valence-corrected chi connectivity index (χ3v) is 5.16. The van der Waals surface area contributed by atoms with Crippen LogP contribution in [0.3, 0.4) is 0 Å². The van der Waals surface area contributed by atoms with Crippen molar-refractivity contribution in [2.75, 3.05) is 5.73 Å². The molecule has 0 unspecified atom stereocenters. The van der Waals surface area contributed by atoms with Gasteiger partial charge in [0.05, 0.1) is 16.1 Å². The van der Waals surface area contributed by atoms with E-state index in [0.29, 0.717) is 16.7 Å². The van der Waals surface area contributed by atoms with E-state index >= 15 is 0 Å². The lowest BCUT2D eigenvalue weighted by atomic mass is 10.1. The van der Waals surface area contributed by atoms with Crippen molar-refractivity contribution < 1.29 is 12.8 Å². The Morgan fingerprint density at radius 1 is 1.20 bits per heavy atom. The molecule has 0 radical (unpaired) electrons. The summed E-state index contributed by atoms with van der Waals surface area (Å²) in [7, 11) is -3.82. The Hall–Kier alpha value is -2.52. The van der Waals surface area contributed by atoms with Crippen LogP contribution in [0.1, 0.15) is 20.8 Å². The average Bonchev–Trinajstić information content (AvgIpc) is 2.86. The number of hydrogen-bond donors (Lipinski definition) is 3. The summed E-state index contributed by atoms with van der Waals surface area (Å²) >= 11 is 0. The van der Waals surface area contributed by atoms with Crippen molar-refractivity contribution in [3.05, 3.63) is 36.1 Å². The topological polar surface area (TPSA) is 114 Å². The van der Waals surface area contributed by atoms with Crippen LogP contribution in [0.15, 0.2) is 35.2 Å². The van der Waals surface area contributed by atoms with E-state index in [-0.39, 0.29) is 16.3 Å². The van der Waals surface area contributed by atoms with Gasteiger partial charge in [-0.3, -0.25) is 5.10 Å². The van der Waals surface area contributed by atoms with Crippen LogP contribution in [-0.2, 0) is 10.0 Å². The lowest BCUT2D eigenvalue weighted by molar-refractivity contribution is 0.491. The number of halogens is 1. The Balaban J connectivity index is 2.03. The molecule has 0 spiro atoms. The van der Waals surface area contributed by atoms with Gasteiger partial charge in [-0.15, -0.1) is 0 Å². The molecule has 3 aromatic rings. The maximum absolute atomic E-state index is 14.5. The van der Waals surface area contributed by atoms with Crippen LogP contribution in [-0.4, -0.2) is 29.1 Å². The van der Waals surface area contributed by atoms with E-state index in [9.17, 15) is 12.8 Å². The van der Waals surface area contributed by atoms with Gasteiger partial charge in [0, 0.05) is 11.1 Å². The van der Waals surface area contributed by atoms with Gasteiger partial charge in [-0.1, -0.05) is 0 Å². The fraction of sp³-hybridized carbons (Fsp3) is 0.250. The molecule has 2 heterocycles. The van der Waals surface area contributed by atoms with Crippen LogP contribution in [0.2, 0.25) is 0 Å². The van der Waals surface area contributed by atoms with Gasteiger partial charge < -0.3 is 5.73 Å². The smallest absolute Gasteiger partial charge is 0.241 e. The maximum atomic E-state index is 14.5. The van der Waals surface area contributed by atoms with Gasteiger partial charge in [-0.25, -0.2) is 22.5 Å². The molecule has 0 atom stereocenters. The number of nitrogens with zero attached hydrogens (tertiary/aromatic N) is 2.